The summed E-state index contributed by atoms with van der Waals surface area (Å²) in [6.45, 7) is 7.18. The smallest absolute Gasteiger partial charge is 0.229 e. The molecule has 142 valence electrons. The second kappa shape index (κ2) is 8.29. The minimum absolute atomic E-state index is 0.0737. The van der Waals surface area contributed by atoms with Crippen LogP contribution in [0.2, 0.25) is 0 Å². The second-order valence-corrected chi connectivity index (χ2v) is 7.37. The van der Waals surface area contributed by atoms with Crippen LogP contribution in [0.1, 0.15) is 37.3 Å². The highest BCUT2D eigenvalue weighted by Gasteiger charge is 2.22. The molecule has 0 radical (unpaired) electrons. The lowest BCUT2D eigenvalue weighted by atomic mass is 9.93. The number of anilines is 1. The molecule has 27 heavy (non-hydrogen) atoms. The van der Waals surface area contributed by atoms with Crippen LogP contribution in [0.4, 0.5) is 5.95 Å². The molecule has 1 saturated heterocycles. The van der Waals surface area contributed by atoms with Crippen molar-refractivity contribution in [2.24, 2.45) is 5.92 Å². The monoisotopic (exact) mass is 366 g/mol. The predicted molar refractivity (Wildman–Crippen MR) is 105 cm³/mol. The van der Waals surface area contributed by atoms with Crippen LogP contribution in [0.15, 0.2) is 30.6 Å². The van der Waals surface area contributed by atoms with E-state index in [4.69, 9.17) is 0 Å². The van der Waals surface area contributed by atoms with Crippen LogP contribution in [-0.4, -0.2) is 39.8 Å². The molecule has 2 amide bonds. The van der Waals surface area contributed by atoms with E-state index < -0.39 is 0 Å². The first-order chi connectivity index (χ1) is 12.9. The molecule has 1 fully saturated rings. The fourth-order valence-corrected chi connectivity index (χ4v) is 3.57. The number of amides is 2. The van der Waals surface area contributed by atoms with Crippen molar-refractivity contribution < 1.29 is 9.59 Å². The van der Waals surface area contributed by atoms with Gasteiger partial charge in [-0.2, -0.15) is 0 Å². The summed E-state index contributed by atoms with van der Waals surface area (Å²) in [5.41, 5.74) is 4.38. The third-order valence-electron chi connectivity index (χ3n) is 4.99. The van der Waals surface area contributed by atoms with Crippen molar-refractivity contribution in [2.45, 2.75) is 40.0 Å². The molecule has 0 saturated carbocycles. The van der Waals surface area contributed by atoms with Crippen LogP contribution in [0.25, 0.3) is 11.1 Å². The topological polar surface area (TPSA) is 75.2 Å². The van der Waals surface area contributed by atoms with Gasteiger partial charge < -0.3 is 4.90 Å². The number of aryl methyl sites for hydroxylation is 2. The van der Waals surface area contributed by atoms with Gasteiger partial charge in [0.2, 0.25) is 17.8 Å². The molecule has 0 spiro atoms. The highest BCUT2D eigenvalue weighted by molar-refractivity contribution is 5.89. The standard InChI is InChI=1S/C21H26N4O2/c1-14-8-15(2)10-18(9-14)19-12-22-21(23-13-19)24-20(27)11-17-4-6-25(7-5-17)16(3)26/h8-10,12-13,17H,4-7,11H2,1-3H3,(H,22,23,24,27). The van der Waals surface area contributed by atoms with Crippen LogP contribution < -0.4 is 5.32 Å². The molecule has 2 aromatic rings. The number of piperidine rings is 1. The number of rotatable bonds is 4. The number of nitrogens with one attached hydrogen (secondary N) is 1. The van der Waals surface area contributed by atoms with E-state index in [0.29, 0.717) is 18.3 Å². The number of aromatic nitrogens is 2. The Balaban J connectivity index is 1.55. The molecule has 0 bridgehead atoms. The normalized spacial score (nSPS) is 14.9. The van der Waals surface area contributed by atoms with Gasteiger partial charge in [0, 0.05) is 44.4 Å². The van der Waals surface area contributed by atoms with E-state index in [0.717, 1.165) is 37.1 Å². The Morgan fingerprint density at radius 1 is 1.04 bits per heavy atom. The Hall–Kier alpha value is -2.76. The van der Waals surface area contributed by atoms with Crippen molar-refractivity contribution in [2.75, 3.05) is 18.4 Å². The Bertz CT molecular complexity index is 804. The van der Waals surface area contributed by atoms with Gasteiger partial charge in [-0.1, -0.05) is 29.3 Å². The molecule has 1 aliphatic rings. The summed E-state index contributed by atoms with van der Waals surface area (Å²) in [4.78, 5) is 34.0. The van der Waals surface area contributed by atoms with Gasteiger partial charge in [0.25, 0.3) is 0 Å². The van der Waals surface area contributed by atoms with Crippen molar-refractivity contribution in [3.05, 3.63) is 41.7 Å². The van der Waals surface area contributed by atoms with Crippen LogP contribution in [-0.2, 0) is 9.59 Å². The number of carbonyl (C=O) groups excluding carboxylic acids is 2. The lowest BCUT2D eigenvalue weighted by Gasteiger charge is -2.30. The molecule has 6 nitrogen and oxygen atoms in total. The summed E-state index contributed by atoms with van der Waals surface area (Å²) in [5.74, 6) is 0.662. The van der Waals surface area contributed by atoms with Crippen molar-refractivity contribution in [3.63, 3.8) is 0 Å². The van der Waals surface area contributed by atoms with Crippen molar-refractivity contribution in [1.82, 2.24) is 14.9 Å². The molecular formula is C21H26N4O2. The summed E-state index contributed by atoms with van der Waals surface area (Å²) < 4.78 is 0. The second-order valence-electron chi connectivity index (χ2n) is 7.37. The van der Waals surface area contributed by atoms with E-state index in [2.05, 4.69) is 47.3 Å². The van der Waals surface area contributed by atoms with E-state index in [9.17, 15) is 9.59 Å². The van der Waals surface area contributed by atoms with Gasteiger partial charge in [-0.05, 0) is 38.2 Å². The average Bonchev–Trinajstić information content (AvgIpc) is 2.62. The predicted octanol–water partition coefficient (Wildman–Crippen LogP) is 3.35. The van der Waals surface area contributed by atoms with Crippen molar-refractivity contribution in [1.29, 1.82) is 0 Å². The first-order valence-electron chi connectivity index (χ1n) is 9.37. The number of benzene rings is 1. The summed E-state index contributed by atoms with van der Waals surface area (Å²) >= 11 is 0. The number of carbonyl (C=O) groups is 2. The third-order valence-corrected chi connectivity index (χ3v) is 4.99. The van der Waals surface area contributed by atoms with Gasteiger partial charge in [-0.15, -0.1) is 0 Å². The molecular weight excluding hydrogens is 340 g/mol. The molecule has 0 aliphatic carbocycles. The molecule has 0 atom stereocenters. The minimum atomic E-state index is -0.0737. The van der Waals surface area contributed by atoms with Gasteiger partial charge in [0.05, 0.1) is 0 Å². The van der Waals surface area contributed by atoms with E-state index in [1.54, 1.807) is 19.3 Å². The summed E-state index contributed by atoms with van der Waals surface area (Å²) in [6.07, 6.45) is 5.64. The fourth-order valence-electron chi connectivity index (χ4n) is 3.57. The molecule has 1 aromatic heterocycles. The van der Waals surface area contributed by atoms with Gasteiger partial charge >= 0.3 is 0 Å². The van der Waals surface area contributed by atoms with E-state index in [-0.39, 0.29) is 11.8 Å². The summed E-state index contributed by atoms with van der Waals surface area (Å²) in [7, 11) is 0. The zero-order chi connectivity index (χ0) is 19.4. The van der Waals surface area contributed by atoms with Gasteiger partial charge in [0.15, 0.2) is 0 Å². The number of nitrogens with zero attached hydrogens (tertiary/aromatic N) is 3. The maximum Gasteiger partial charge on any atom is 0.229 e. The zero-order valence-corrected chi connectivity index (χ0v) is 16.2. The highest BCUT2D eigenvalue weighted by Crippen LogP contribution is 2.23. The molecule has 6 heteroatoms. The molecule has 0 unspecified atom stereocenters. The number of likely N-dealkylation sites (tertiary alicyclic amines) is 1. The molecule has 1 N–H and O–H groups in total. The third kappa shape index (κ3) is 5.12. The number of hydrogen-bond donors (Lipinski definition) is 1. The quantitative estimate of drug-likeness (QED) is 0.900. The summed E-state index contributed by atoms with van der Waals surface area (Å²) in [5, 5.41) is 2.78. The summed E-state index contributed by atoms with van der Waals surface area (Å²) in [6, 6.07) is 6.31. The average molecular weight is 366 g/mol. The van der Waals surface area contributed by atoms with Gasteiger partial charge in [-0.3, -0.25) is 14.9 Å². The van der Waals surface area contributed by atoms with Crippen LogP contribution in [0.3, 0.4) is 0 Å². The molecule has 1 aromatic carbocycles. The Morgan fingerprint density at radius 2 is 1.63 bits per heavy atom. The Labute approximate surface area is 160 Å². The maximum absolute atomic E-state index is 12.3. The first kappa shape index (κ1) is 19.0. The van der Waals surface area contributed by atoms with Gasteiger partial charge in [-0.25, -0.2) is 9.97 Å². The minimum Gasteiger partial charge on any atom is -0.343 e. The molecule has 3 rings (SSSR count). The molecule has 1 aliphatic heterocycles. The van der Waals surface area contributed by atoms with E-state index in [1.807, 2.05) is 4.90 Å². The van der Waals surface area contributed by atoms with E-state index in [1.165, 1.54) is 11.1 Å². The SMILES string of the molecule is CC(=O)N1CCC(CC(=O)Nc2ncc(-c3cc(C)cc(C)c3)cn2)CC1. The van der Waals surface area contributed by atoms with Crippen molar-refractivity contribution in [3.8, 4) is 11.1 Å². The van der Waals surface area contributed by atoms with Crippen LogP contribution >= 0.6 is 0 Å². The van der Waals surface area contributed by atoms with Crippen LogP contribution in [0.5, 0.6) is 0 Å². The van der Waals surface area contributed by atoms with E-state index >= 15 is 0 Å². The number of hydrogen-bond acceptors (Lipinski definition) is 4. The lowest BCUT2D eigenvalue weighted by molar-refractivity contribution is -0.130. The largest absolute Gasteiger partial charge is 0.343 e. The van der Waals surface area contributed by atoms with Crippen LogP contribution in [0, 0.1) is 19.8 Å². The Morgan fingerprint density at radius 3 is 2.19 bits per heavy atom. The first-order valence-corrected chi connectivity index (χ1v) is 9.37. The van der Waals surface area contributed by atoms with Gasteiger partial charge in [0.1, 0.15) is 0 Å². The lowest BCUT2D eigenvalue weighted by Crippen LogP contribution is -2.37. The van der Waals surface area contributed by atoms with Crippen molar-refractivity contribution >= 4 is 17.8 Å². The Kier molecular flexibility index (Phi) is 5.84. The fraction of sp³-hybridized carbons (Fsp3) is 0.429. The highest BCUT2D eigenvalue weighted by atomic mass is 16.2. The zero-order valence-electron chi connectivity index (χ0n) is 16.2. The molecule has 2 heterocycles. The maximum atomic E-state index is 12.3.